The van der Waals surface area contributed by atoms with E-state index in [4.69, 9.17) is 32.1 Å². The summed E-state index contributed by atoms with van der Waals surface area (Å²) in [7, 11) is -6.99. The van der Waals surface area contributed by atoms with E-state index in [1.807, 2.05) is 0 Å². The molecule has 1 N–H and O–H groups in total. The molecule has 9 nitrogen and oxygen atoms in total. The fourth-order valence-corrected chi connectivity index (χ4v) is 6.93. The quantitative estimate of drug-likeness (QED) is 0.350. The summed E-state index contributed by atoms with van der Waals surface area (Å²) in [6, 6.07) is 14.6. The molecule has 1 amide bonds. The first-order chi connectivity index (χ1) is 18.5. The highest BCUT2D eigenvalue weighted by Gasteiger charge is 2.36. The molecule has 3 aromatic rings. The molecule has 13 heteroatoms. The van der Waals surface area contributed by atoms with Crippen molar-refractivity contribution in [2.24, 2.45) is 0 Å². The number of nitrogens with zero attached hydrogens (tertiary/aromatic N) is 1. The lowest BCUT2D eigenvalue weighted by Gasteiger charge is -2.29. The average Bonchev–Trinajstić information content (AvgIpc) is 3.12. The molecule has 1 unspecified atom stereocenters. The molecule has 4 rings (SSSR count). The maximum atomic E-state index is 13.8. The number of nitrogens with one attached hydrogen (secondary N) is 1. The normalized spacial score (nSPS) is 16.4. The summed E-state index contributed by atoms with van der Waals surface area (Å²) in [5, 5.41) is 3.53. The Bertz CT molecular complexity index is 1550. The molecule has 0 aromatic heterocycles. The molecule has 0 aliphatic carbocycles. The third kappa shape index (κ3) is 6.85. The van der Waals surface area contributed by atoms with E-state index in [1.54, 1.807) is 0 Å². The SMILES string of the molecule is COc1cc(CN(C2CCCCNC2=O)S(=O)(=O)c2ccc(Cl)cc2)ccc1OS(=O)(=O)c1ccc(Cl)cc1. The van der Waals surface area contributed by atoms with E-state index < -0.39 is 26.2 Å². The first-order valence-electron chi connectivity index (χ1n) is 11.9. The number of amides is 1. The topological polar surface area (TPSA) is 119 Å². The predicted molar refractivity (Wildman–Crippen MR) is 147 cm³/mol. The molecule has 0 saturated carbocycles. The fourth-order valence-electron chi connectivity index (χ4n) is 4.13. The number of methoxy groups -OCH3 is 1. The number of benzene rings is 3. The highest BCUT2D eigenvalue weighted by atomic mass is 35.5. The molecular formula is C26H26Cl2N2O7S2. The molecule has 1 fully saturated rings. The van der Waals surface area contributed by atoms with Gasteiger partial charge in [0.15, 0.2) is 11.5 Å². The molecule has 39 heavy (non-hydrogen) atoms. The predicted octanol–water partition coefficient (Wildman–Crippen LogP) is 4.63. The number of ether oxygens (including phenoxy) is 1. The van der Waals surface area contributed by atoms with Crippen molar-refractivity contribution < 1.29 is 30.6 Å². The van der Waals surface area contributed by atoms with Crippen molar-refractivity contribution >= 4 is 49.3 Å². The van der Waals surface area contributed by atoms with Crippen molar-refractivity contribution in [2.45, 2.75) is 41.6 Å². The van der Waals surface area contributed by atoms with Crippen molar-refractivity contribution in [3.63, 3.8) is 0 Å². The first kappa shape index (κ1) is 29.2. The van der Waals surface area contributed by atoms with Gasteiger partial charge in [-0.15, -0.1) is 0 Å². The summed E-state index contributed by atoms with van der Waals surface area (Å²) in [6.07, 6.45) is 1.74. The van der Waals surface area contributed by atoms with Crippen molar-refractivity contribution in [1.82, 2.24) is 9.62 Å². The van der Waals surface area contributed by atoms with E-state index >= 15 is 0 Å². The summed E-state index contributed by atoms with van der Waals surface area (Å²) in [6.45, 7) is 0.287. The van der Waals surface area contributed by atoms with Gasteiger partial charge in [-0.3, -0.25) is 4.79 Å². The van der Waals surface area contributed by atoms with Gasteiger partial charge in [-0.25, -0.2) is 8.42 Å². The van der Waals surface area contributed by atoms with E-state index in [1.165, 1.54) is 73.8 Å². The van der Waals surface area contributed by atoms with Crippen molar-refractivity contribution in [1.29, 1.82) is 0 Å². The smallest absolute Gasteiger partial charge is 0.339 e. The van der Waals surface area contributed by atoms with E-state index in [-0.39, 0.29) is 33.7 Å². The number of hydrogen-bond acceptors (Lipinski definition) is 7. The Morgan fingerprint density at radius 3 is 2.10 bits per heavy atom. The van der Waals surface area contributed by atoms with Crippen LogP contribution >= 0.6 is 23.2 Å². The standard InChI is InChI=1S/C26H26Cl2N2O7S2/c1-36-25-16-18(5-14-24(25)37-39(34,35)22-12-8-20(28)9-13-22)17-30(23-4-2-3-15-29-26(23)31)38(32,33)21-10-6-19(27)7-11-21/h5-14,16,23H,2-4,15,17H2,1H3,(H,29,31). The van der Waals surface area contributed by atoms with Crippen LogP contribution in [0.25, 0.3) is 0 Å². The van der Waals surface area contributed by atoms with Crippen LogP contribution in [0.1, 0.15) is 24.8 Å². The van der Waals surface area contributed by atoms with Crippen LogP contribution in [-0.2, 0) is 31.5 Å². The molecule has 1 saturated heterocycles. The average molecular weight is 614 g/mol. The highest BCUT2D eigenvalue weighted by Crippen LogP contribution is 2.33. The molecule has 0 bridgehead atoms. The molecule has 208 valence electrons. The Hall–Kier alpha value is -2.83. The van der Waals surface area contributed by atoms with Gasteiger partial charge in [0.1, 0.15) is 10.9 Å². The number of rotatable bonds is 9. The summed E-state index contributed by atoms with van der Waals surface area (Å²) in [4.78, 5) is 12.8. The Balaban J connectivity index is 1.68. The maximum absolute atomic E-state index is 13.8. The zero-order valence-electron chi connectivity index (χ0n) is 20.8. The zero-order valence-corrected chi connectivity index (χ0v) is 24.0. The molecular weight excluding hydrogens is 587 g/mol. The lowest BCUT2D eigenvalue weighted by atomic mass is 10.1. The molecule has 1 heterocycles. The summed E-state index contributed by atoms with van der Waals surface area (Å²) in [5.41, 5.74) is 0.456. The van der Waals surface area contributed by atoms with E-state index in [2.05, 4.69) is 5.32 Å². The van der Waals surface area contributed by atoms with Crippen LogP contribution in [0.4, 0.5) is 0 Å². The minimum atomic E-state index is -4.20. The van der Waals surface area contributed by atoms with Gasteiger partial charge < -0.3 is 14.2 Å². The zero-order chi connectivity index (χ0) is 28.2. The Kier molecular flexibility index (Phi) is 9.07. The number of sulfonamides is 1. The minimum absolute atomic E-state index is 0.00933. The second-order valence-electron chi connectivity index (χ2n) is 8.78. The second kappa shape index (κ2) is 12.1. The third-order valence-electron chi connectivity index (χ3n) is 6.14. The van der Waals surface area contributed by atoms with Gasteiger partial charge in [0.2, 0.25) is 15.9 Å². The van der Waals surface area contributed by atoms with Gasteiger partial charge in [0.25, 0.3) is 0 Å². The number of carbonyl (C=O) groups excluding carboxylic acids is 1. The van der Waals surface area contributed by atoms with E-state index in [0.717, 1.165) is 10.7 Å². The van der Waals surface area contributed by atoms with Gasteiger partial charge in [-0.05, 0) is 85.5 Å². The largest absolute Gasteiger partial charge is 0.493 e. The fraction of sp³-hybridized carbons (Fsp3) is 0.269. The van der Waals surface area contributed by atoms with Gasteiger partial charge in [0, 0.05) is 23.1 Å². The Morgan fingerprint density at radius 2 is 1.49 bits per heavy atom. The number of halogens is 2. The van der Waals surface area contributed by atoms with E-state index in [0.29, 0.717) is 35.0 Å². The van der Waals surface area contributed by atoms with Crippen LogP contribution in [0.5, 0.6) is 11.5 Å². The van der Waals surface area contributed by atoms with Crippen LogP contribution in [0.15, 0.2) is 76.5 Å². The summed E-state index contributed by atoms with van der Waals surface area (Å²) < 4.78 is 64.9. The van der Waals surface area contributed by atoms with Gasteiger partial charge in [0.05, 0.1) is 12.0 Å². The molecule has 3 aromatic carbocycles. The monoisotopic (exact) mass is 612 g/mol. The van der Waals surface area contributed by atoms with Crippen LogP contribution in [0, 0.1) is 0 Å². The number of carbonyl (C=O) groups is 1. The first-order valence-corrected chi connectivity index (χ1v) is 15.5. The number of hydrogen-bond donors (Lipinski definition) is 1. The van der Waals surface area contributed by atoms with Crippen molar-refractivity contribution in [3.05, 3.63) is 82.3 Å². The Morgan fingerprint density at radius 1 is 0.872 bits per heavy atom. The minimum Gasteiger partial charge on any atom is -0.493 e. The molecule has 0 spiro atoms. The van der Waals surface area contributed by atoms with Crippen LogP contribution in [0.3, 0.4) is 0 Å². The summed E-state index contributed by atoms with van der Waals surface area (Å²) in [5.74, 6) is -0.402. The summed E-state index contributed by atoms with van der Waals surface area (Å²) >= 11 is 11.8. The molecule has 0 radical (unpaired) electrons. The van der Waals surface area contributed by atoms with Crippen molar-refractivity contribution in [2.75, 3.05) is 13.7 Å². The second-order valence-corrected chi connectivity index (χ2v) is 13.1. The van der Waals surface area contributed by atoms with Crippen LogP contribution < -0.4 is 14.2 Å². The molecule has 1 atom stereocenters. The van der Waals surface area contributed by atoms with Crippen LogP contribution in [-0.4, -0.2) is 46.7 Å². The Labute approximate surface area is 237 Å². The van der Waals surface area contributed by atoms with Gasteiger partial charge >= 0.3 is 10.1 Å². The molecule has 1 aliphatic rings. The lowest BCUT2D eigenvalue weighted by Crippen LogP contribution is -2.48. The van der Waals surface area contributed by atoms with Crippen LogP contribution in [0.2, 0.25) is 10.0 Å². The van der Waals surface area contributed by atoms with Crippen molar-refractivity contribution in [3.8, 4) is 11.5 Å². The highest BCUT2D eigenvalue weighted by molar-refractivity contribution is 7.89. The van der Waals surface area contributed by atoms with Gasteiger partial charge in [-0.2, -0.15) is 12.7 Å². The molecule has 1 aliphatic heterocycles. The van der Waals surface area contributed by atoms with Gasteiger partial charge in [-0.1, -0.05) is 29.3 Å². The maximum Gasteiger partial charge on any atom is 0.339 e. The third-order valence-corrected chi connectivity index (χ3v) is 9.76. The van der Waals surface area contributed by atoms with E-state index in [9.17, 15) is 21.6 Å². The lowest BCUT2D eigenvalue weighted by molar-refractivity contribution is -0.124.